The SMILES string of the molecule is NC(=NC=NC1CC1)c1ccc(C(F)(F)F)cc1. The lowest BCUT2D eigenvalue weighted by Crippen LogP contribution is -2.14. The quantitative estimate of drug-likeness (QED) is 0.655. The number of nitrogens with zero attached hydrogens (tertiary/aromatic N) is 2. The molecule has 0 spiro atoms. The van der Waals surface area contributed by atoms with Crippen molar-refractivity contribution in [3.05, 3.63) is 35.4 Å². The predicted octanol–water partition coefficient (Wildman–Crippen LogP) is 2.60. The van der Waals surface area contributed by atoms with Crippen LogP contribution in [0.2, 0.25) is 0 Å². The van der Waals surface area contributed by atoms with Gasteiger partial charge in [0.25, 0.3) is 0 Å². The molecule has 0 saturated heterocycles. The standard InChI is InChI=1S/C12H12F3N3/c13-12(14,15)9-3-1-8(2-4-9)11(16)18-7-17-10-5-6-10/h1-4,7,10H,5-6H2,(H2,16,17,18). The molecule has 1 saturated carbocycles. The van der Waals surface area contributed by atoms with Gasteiger partial charge in [0.15, 0.2) is 0 Å². The summed E-state index contributed by atoms with van der Waals surface area (Å²) in [7, 11) is 0. The van der Waals surface area contributed by atoms with Gasteiger partial charge in [0.1, 0.15) is 12.2 Å². The van der Waals surface area contributed by atoms with Gasteiger partial charge in [-0.05, 0) is 25.0 Å². The van der Waals surface area contributed by atoms with E-state index >= 15 is 0 Å². The topological polar surface area (TPSA) is 50.7 Å². The molecule has 1 aliphatic carbocycles. The molecule has 3 nitrogen and oxygen atoms in total. The van der Waals surface area contributed by atoms with Crippen LogP contribution in [0.4, 0.5) is 13.2 Å². The van der Waals surface area contributed by atoms with E-state index in [1.165, 1.54) is 18.5 Å². The Morgan fingerprint density at radius 1 is 1.22 bits per heavy atom. The summed E-state index contributed by atoms with van der Waals surface area (Å²) >= 11 is 0. The van der Waals surface area contributed by atoms with Gasteiger partial charge < -0.3 is 5.73 Å². The van der Waals surface area contributed by atoms with E-state index < -0.39 is 11.7 Å². The molecule has 0 heterocycles. The van der Waals surface area contributed by atoms with Gasteiger partial charge in [0.05, 0.1) is 11.6 Å². The number of aliphatic imine (C=N–C) groups is 2. The fourth-order valence-corrected chi connectivity index (χ4v) is 1.32. The van der Waals surface area contributed by atoms with Gasteiger partial charge in [0.2, 0.25) is 0 Å². The summed E-state index contributed by atoms with van der Waals surface area (Å²) in [5, 5.41) is 0. The van der Waals surface area contributed by atoms with Gasteiger partial charge >= 0.3 is 6.18 Å². The van der Waals surface area contributed by atoms with Gasteiger partial charge in [0, 0.05) is 5.56 Å². The van der Waals surface area contributed by atoms with Crippen molar-refractivity contribution in [3.8, 4) is 0 Å². The monoisotopic (exact) mass is 255 g/mol. The van der Waals surface area contributed by atoms with Crippen molar-refractivity contribution in [2.75, 3.05) is 0 Å². The van der Waals surface area contributed by atoms with E-state index in [-0.39, 0.29) is 5.84 Å². The number of rotatable bonds is 3. The third-order valence-electron chi connectivity index (χ3n) is 2.53. The third-order valence-corrected chi connectivity index (χ3v) is 2.53. The molecular weight excluding hydrogens is 243 g/mol. The molecule has 18 heavy (non-hydrogen) atoms. The first kappa shape index (κ1) is 12.6. The zero-order chi connectivity index (χ0) is 13.2. The molecular formula is C12H12F3N3. The predicted molar refractivity (Wildman–Crippen MR) is 63.7 cm³/mol. The summed E-state index contributed by atoms with van der Waals surface area (Å²) in [5.74, 6) is 0.160. The van der Waals surface area contributed by atoms with Crippen molar-refractivity contribution in [2.45, 2.75) is 25.1 Å². The second kappa shape index (κ2) is 4.80. The molecule has 0 unspecified atom stereocenters. The van der Waals surface area contributed by atoms with Crippen LogP contribution in [0.25, 0.3) is 0 Å². The zero-order valence-corrected chi connectivity index (χ0v) is 9.48. The smallest absolute Gasteiger partial charge is 0.383 e. The van der Waals surface area contributed by atoms with E-state index in [9.17, 15) is 13.2 Å². The molecule has 0 aliphatic heterocycles. The van der Waals surface area contributed by atoms with Crippen LogP contribution in [0.3, 0.4) is 0 Å². The lowest BCUT2D eigenvalue weighted by Gasteiger charge is -2.06. The maximum atomic E-state index is 12.3. The molecule has 1 aromatic rings. The average molecular weight is 255 g/mol. The fourth-order valence-electron chi connectivity index (χ4n) is 1.32. The Morgan fingerprint density at radius 2 is 1.83 bits per heavy atom. The number of alkyl halides is 3. The highest BCUT2D eigenvalue weighted by atomic mass is 19.4. The summed E-state index contributed by atoms with van der Waals surface area (Å²) < 4.78 is 37.0. The van der Waals surface area contributed by atoms with E-state index in [0.29, 0.717) is 11.6 Å². The van der Waals surface area contributed by atoms with E-state index in [0.717, 1.165) is 25.0 Å². The minimum absolute atomic E-state index is 0.160. The maximum Gasteiger partial charge on any atom is 0.416 e. The Morgan fingerprint density at radius 3 is 2.33 bits per heavy atom. The fraction of sp³-hybridized carbons (Fsp3) is 0.333. The molecule has 96 valence electrons. The second-order valence-corrected chi connectivity index (χ2v) is 4.09. The second-order valence-electron chi connectivity index (χ2n) is 4.09. The number of hydrogen-bond acceptors (Lipinski definition) is 1. The number of amidine groups is 1. The Labute approximate surface area is 102 Å². The van der Waals surface area contributed by atoms with Crippen molar-refractivity contribution in [2.24, 2.45) is 15.7 Å². The Kier molecular flexibility index (Phi) is 3.36. The van der Waals surface area contributed by atoms with Crippen molar-refractivity contribution in [1.29, 1.82) is 0 Å². The maximum absolute atomic E-state index is 12.3. The average Bonchev–Trinajstić information content (AvgIpc) is 3.12. The lowest BCUT2D eigenvalue weighted by molar-refractivity contribution is -0.137. The van der Waals surface area contributed by atoms with Crippen LogP contribution in [0, 0.1) is 0 Å². The first-order valence-corrected chi connectivity index (χ1v) is 5.49. The van der Waals surface area contributed by atoms with Crippen molar-refractivity contribution < 1.29 is 13.2 Å². The van der Waals surface area contributed by atoms with Crippen LogP contribution < -0.4 is 5.73 Å². The number of hydrogen-bond donors (Lipinski definition) is 1. The van der Waals surface area contributed by atoms with E-state index in [4.69, 9.17) is 5.73 Å². The van der Waals surface area contributed by atoms with Crippen molar-refractivity contribution in [3.63, 3.8) is 0 Å². The summed E-state index contributed by atoms with van der Waals surface area (Å²) in [6.45, 7) is 0. The van der Waals surface area contributed by atoms with E-state index in [1.807, 2.05) is 0 Å². The minimum atomic E-state index is -4.34. The van der Waals surface area contributed by atoms with Crippen molar-refractivity contribution in [1.82, 2.24) is 0 Å². The molecule has 0 atom stereocenters. The molecule has 0 radical (unpaired) electrons. The molecule has 0 aromatic heterocycles. The summed E-state index contributed by atoms with van der Waals surface area (Å²) in [6, 6.07) is 4.90. The van der Waals surface area contributed by atoms with Gasteiger partial charge in [-0.1, -0.05) is 12.1 Å². The number of benzene rings is 1. The van der Waals surface area contributed by atoms with Gasteiger partial charge in [-0.2, -0.15) is 13.2 Å². The lowest BCUT2D eigenvalue weighted by atomic mass is 10.1. The molecule has 1 aliphatic rings. The first-order chi connectivity index (χ1) is 8.47. The van der Waals surface area contributed by atoms with Crippen LogP contribution >= 0.6 is 0 Å². The number of halogens is 3. The highest BCUT2D eigenvalue weighted by Crippen LogP contribution is 2.29. The van der Waals surface area contributed by atoms with Crippen LogP contribution in [-0.2, 0) is 6.18 Å². The van der Waals surface area contributed by atoms with E-state index in [1.54, 1.807) is 0 Å². The Balaban J connectivity index is 2.08. The van der Waals surface area contributed by atoms with Crippen LogP contribution in [-0.4, -0.2) is 18.2 Å². The normalized spacial score (nSPS) is 17.4. The largest absolute Gasteiger partial charge is 0.416 e. The molecule has 0 amide bonds. The van der Waals surface area contributed by atoms with Crippen LogP contribution in [0.5, 0.6) is 0 Å². The number of nitrogens with two attached hydrogens (primary N) is 1. The first-order valence-electron chi connectivity index (χ1n) is 5.49. The Bertz CT molecular complexity index is 470. The molecule has 1 fully saturated rings. The van der Waals surface area contributed by atoms with E-state index in [2.05, 4.69) is 9.98 Å². The minimum Gasteiger partial charge on any atom is -0.383 e. The highest BCUT2D eigenvalue weighted by Gasteiger charge is 2.30. The molecule has 0 bridgehead atoms. The van der Waals surface area contributed by atoms with Crippen molar-refractivity contribution >= 4 is 12.2 Å². The Hall–Kier alpha value is -1.85. The molecule has 6 heteroatoms. The zero-order valence-electron chi connectivity index (χ0n) is 9.48. The molecule has 2 N–H and O–H groups in total. The van der Waals surface area contributed by atoms with Crippen LogP contribution in [0.15, 0.2) is 34.3 Å². The summed E-state index contributed by atoms with van der Waals surface area (Å²) in [6.07, 6.45) is -0.846. The highest BCUT2D eigenvalue weighted by molar-refractivity contribution is 6.01. The third kappa shape index (κ3) is 3.32. The molecule has 1 aromatic carbocycles. The van der Waals surface area contributed by atoms with Gasteiger partial charge in [-0.3, -0.25) is 4.99 Å². The van der Waals surface area contributed by atoms with Gasteiger partial charge in [-0.25, -0.2) is 4.99 Å². The van der Waals surface area contributed by atoms with Crippen LogP contribution in [0.1, 0.15) is 24.0 Å². The molecule has 2 rings (SSSR count). The summed E-state index contributed by atoms with van der Waals surface area (Å²) in [4.78, 5) is 7.97. The van der Waals surface area contributed by atoms with Gasteiger partial charge in [-0.15, -0.1) is 0 Å². The summed E-state index contributed by atoms with van der Waals surface area (Å²) in [5.41, 5.74) is 5.38.